The molecule has 326 valence electrons. The van der Waals surface area contributed by atoms with Crippen molar-refractivity contribution in [2.45, 2.75) is 0 Å². The third-order valence-electron chi connectivity index (χ3n) is 14.2. The topological polar surface area (TPSA) is 45.2 Å². The first kappa shape index (κ1) is 39.7. The van der Waals surface area contributed by atoms with Gasteiger partial charge < -0.3 is 4.90 Å². The van der Waals surface area contributed by atoms with Crippen LogP contribution in [0.2, 0.25) is 0 Å². The average molecular weight is 892 g/mol. The summed E-state index contributed by atoms with van der Waals surface area (Å²) in [6, 6.07) is 81.3. The third kappa shape index (κ3) is 6.36. The fourth-order valence-corrected chi connectivity index (χ4v) is 11.1. The van der Waals surface area contributed by atoms with E-state index in [1.165, 1.54) is 88.3 Å². The Balaban J connectivity index is 0.794. The van der Waals surface area contributed by atoms with Crippen LogP contribution in [0.3, 0.4) is 0 Å². The third-order valence-corrected chi connectivity index (χ3v) is 14.2. The molecule has 2 heterocycles. The highest BCUT2D eigenvalue weighted by Gasteiger charge is 2.25. The Kier molecular flexibility index (Phi) is 9.14. The van der Waals surface area contributed by atoms with E-state index in [4.69, 9.17) is 0 Å². The van der Waals surface area contributed by atoms with Crippen molar-refractivity contribution in [2.24, 2.45) is 0 Å². The lowest BCUT2D eigenvalue weighted by molar-refractivity contribution is 1.08. The van der Waals surface area contributed by atoms with E-state index in [2.05, 4.69) is 225 Å². The standard InChI is InChI=1S/C65H41N5/c1-2-11-46(12-3-1)70(65-67-36-9-37-68-65)48-27-22-43(23-28-48)52-31-33-61-55-29-24-45(41-62(55)59-19-8-17-57(52)64(59)61)44-10-6-13-50(40-44)69(49-34-38-66-39-35-49)47-25-20-42(21-26-47)51-30-32-60-54-15-5-4-14-53(54)58-18-7-16-56(51)63(58)60/h1-41H. The van der Waals surface area contributed by atoms with Crippen molar-refractivity contribution in [3.63, 3.8) is 0 Å². The fraction of sp³-hybridized carbons (Fsp3) is 0. The van der Waals surface area contributed by atoms with E-state index in [1.54, 1.807) is 12.4 Å². The minimum atomic E-state index is 0.629. The van der Waals surface area contributed by atoms with Crippen LogP contribution in [0.5, 0.6) is 0 Å². The van der Waals surface area contributed by atoms with Crippen molar-refractivity contribution in [3.8, 4) is 77.9 Å². The number of anilines is 6. The predicted molar refractivity (Wildman–Crippen MR) is 289 cm³/mol. The normalized spacial score (nSPS) is 11.7. The van der Waals surface area contributed by atoms with E-state index in [1.807, 2.05) is 36.7 Å². The molecule has 10 aromatic carbocycles. The summed E-state index contributed by atoms with van der Waals surface area (Å²) < 4.78 is 0. The van der Waals surface area contributed by atoms with Gasteiger partial charge in [-0.05, 0) is 172 Å². The highest BCUT2D eigenvalue weighted by molar-refractivity contribution is 6.20. The second-order valence-corrected chi connectivity index (χ2v) is 18.0. The average Bonchev–Trinajstić information content (AvgIpc) is 3.94. The highest BCUT2D eigenvalue weighted by Crippen LogP contribution is 2.52. The number of hydrogen-bond donors (Lipinski definition) is 0. The Labute approximate surface area is 405 Å². The summed E-state index contributed by atoms with van der Waals surface area (Å²) >= 11 is 0. The molecule has 0 aliphatic heterocycles. The number of aromatic nitrogens is 3. The molecule has 2 aromatic heterocycles. The molecule has 0 saturated carbocycles. The van der Waals surface area contributed by atoms with Gasteiger partial charge in [0.25, 0.3) is 0 Å². The fourth-order valence-electron chi connectivity index (χ4n) is 11.1. The van der Waals surface area contributed by atoms with Gasteiger partial charge in [0.2, 0.25) is 5.95 Å². The molecular weight excluding hydrogens is 851 g/mol. The number of rotatable bonds is 9. The molecule has 0 saturated heterocycles. The monoisotopic (exact) mass is 891 g/mol. The van der Waals surface area contributed by atoms with Crippen LogP contribution in [-0.4, -0.2) is 15.0 Å². The second-order valence-electron chi connectivity index (χ2n) is 18.0. The van der Waals surface area contributed by atoms with Crippen molar-refractivity contribution in [1.29, 1.82) is 0 Å². The van der Waals surface area contributed by atoms with Gasteiger partial charge in [-0.15, -0.1) is 0 Å². The zero-order valence-corrected chi connectivity index (χ0v) is 37.9. The first-order valence-electron chi connectivity index (χ1n) is 23.7. The lowest BCUT2D eigenvalue weighted by atomic mass is 9.94. The largest absolute Gasteiger partial charge is 0.310 e. The minimum absolute atomic E-state index is 0.629. The summed E-state index contributed by atoms with van der Waals surface area (Å²) in [4.78, 5) is 18.0. The summed E-state index contributed by atoms with van der Waals surface area (Å²) in [5, 5.41) is 5.16. The number of nitrogens with zero attached hydrogens (tertiary/aromatic N) is 5. The van der Waals surface area contributed by atoms with E-state index in [-0.39, 0.29) is 0 Å². The predicted octanol–water partition coefficient (Wildman–Crippen LogP) is 17.4. The van der Waals surface area contributed by atoms with Crippen LogP contribution >= 0.6 is 0 Å². The number of fused-ring (bicyclic) bond motifs is 6. The molecule has 0 unspecified atom stereocenters. The summed E-state index contributed by atoms with van der Waals surface area (Å²) in [6.45, 7) is 0. The lowest BCUT2D eigenvalue weighted by Gasteiger charge is -2.26. The second kappa shape index (κ2) is 16.1. The maximum atomic E-state index is 4.60. The van der Waals surface area contributed by atoms with Crippen LogP contribution in [0.15, 0.2) is 249 Å². The number of benzene rings is 10. The van der Waals surface area contributed by atoms with Crippen molar-refractivity contribution >= 4 is 55.9 Å². The van der Waals surface area contributed by atoms with Gasteiger partial charge in [-0.25, -0.2) is 9.97 Å². The quantitative estimate of drug-likeness (QED) is 0.144. The van der Waals surface area contributed by atoms with Gasteiger partial charge in [0.15, 0.2) is 0 Å². The Morgan fingerprint density at radius 3 is 1.33 bits per heavy atom. The number of para-hydroxylation sites is 1. The van der Waals surface area contributed by atoms with E-state index in [0.717, 1.165) is 39.6 Å². The first-order valence-corrected chi connectivity index (χ1v) is 23.7. The number of pyridine rings is 1. The van der Waals surface area contributed by atoms with E-state index < -0.39 is 0 Å². The van der Waals surface area contributed by atoms with E-state index >= 15 is 0 Å². The van der Waals surface area contributed by atoms with Gasteiger partial charge >= 0.3 is 0 Å². The molecule has 0 spiro atoms. The Morgan fingerprint density at radius 1 is 0.243 bits per heavy atom. The van der Waals surface area contributed by atoms with Crippen LogP contribution in [-0.2, 0) is 0 Å². The SMILES string of the molecule is c1ccc(N(c2ccc(-c3ccc4c5c(cccc35)-c3cc(-c5cccc(N(c6ccncc6)c6ccc(-c7ccc8c9c(cccc79)-c7ccccc7-8)cc6)c5)ccc3-4)cc2)c2ncccn2)cc1. The zero-order valence-electron chi connectivity index (χ0n) is 37.9. The Bertz CT molecular complexity index is 3920. The molecule has 14 rings (SSSR count). The van der Waals surface area contributed by atoms with E-state index in [0.29, 0.717) is 5.95 Å². The first-order chi connectivity index (χ1) is 34.7. The van der Waals surface area contributed by atoms with Crippen molar-refractivity contribution in [3.05, 3.63) is 249 Å². The van der Waals surface area contributed by atoms with Crippen LogP contribution in [0.25, 0.3) is 99.4 Å². The molecule has 0 radical (unpaired) electrons. The summed E-state index contributed by atoms with van der Waals surface area (Å²) in [7, 11) is 0. The minimum Gasteiger partial charge on any atom is -0.310 e. The van der Waals surface area contributed by atoms with Crippen LogP contribution < -0.4 is 9.80 Å². The Morgan fingerprint density at radius 2 is 0.686 bits per heavy atom. The molecule has 0 amide bonds. The molecule has 5 heteroatoms. The van der Waals surface area contributed by atoms with Crippen LogP contribution in [0.4, 0.5) is 34.4 Å². The van der Waals surface area contributed by atoms with Crippen molar-refractivity contribution in [2.75, 3.05) is 9.80 Å². The van der Waals surface area contributed by atoms with Gasteiger partial charge in [0.1, 0.15) is 0 Å². The molecule has 2 aliphatic carbocycles. The molecule has 0 fully saturated rings. The molecule has 70 heavy (non-hydrogen) atoms. The lowest BCUT2D eigenvalue weighted by Crippen LogP contribution is -2.12. The molecule has 0 bridgehead atoms. The molecule has 12 aromatic rings. The molecular formula is C65H41N5. The van der Waals surface area contributed by atoms with Gasteiger partial charge in [-0.3, -0.25) is 9.88 Å². The van der Waals surface area contributed by atoms with Gasteiger partial charge in [-0.2, -0.15) is 0 Å². The molecule has 0 atom stereocenters. The zero-order chi connectivity index (χ0) is 46.1. The summed E-state index contributed by atoms with van der Waals surface area (Å²) in [5.74, 6) is 0.629. The maximum absolute atomic E-state index is 4.60. The van der Waals surface area contributed by atoms with Crippen molar-refractivity contribution < 1.29 is 0 Å². The van der Waals surface area contributed by atoms with Crippen LogP contribution in [0, 0.1) is 0 Å². The van der Waals surface area contributed by atoms with Gasteiger partial charge in [0.05, 0.1) is 0 Å². The highest BCUT2D eigenvalue weighted by atomic mass is 15.3. The maximum Gasteiger partial charge on any atom is 0.234 e. The van der Waals surface area contributed by atoms with Gasteiger partial charge in [0, 0.05) is 53.2 Å². The molecule has 5 nitrogen and oxygen atoms in total. The Hall–Kier alpha value is -9.45. The van der Waals surface area contributed by atoms with Gasteiger partial charge in [-0.1, -0.05) is 152 Å². The van der Waals surface area contributed by atoms with Crippen molar-refractivity contribution in [1.82, 2.24) is 15.0 Å². The molecule has 0 N–H and O–H groups in total. The van der Waals surface area contributed by atoms with E-state index in [9.17, 15) is 0 Å². The summed E-state index contributed by atoms with van der Waals surface area (Å²) in [6.07, 6.45) is 7.30. The smallest absolute Gasteiger partial charge is 0.234 e. The summed E-state index contributed by atoms with van der Waals surface area (Å²) in [5.41, 5.74) is 22.6. The van der Waals surface area contributed by atoms with Crippen LogP contribution in [0.1, 0.15) is 0 Å². The number of hydrogen-bond acceptors (Lipinski definition) is 5. The molecule has 2 aliphatic rings.